The van der Waals surface area contributed by atoms with Gasteiger partial charge in [-0.25, -0.2) is 8.42 Å². The second-order valence-corrected chi connectivity index (χ2v) is 9.75. The number of amides is 1. The quantitative estimate of drug-likeness (QED) is 0.487. The highest BCUT2D eigenvalue weighted by Gasteiger charge is 2.21. The molecule has 1 atom stereocenters. The van der Waals surface area contributed by atoms with E-state index in [4.69, 9.17) is 11.6 Å². The predicted octanol–water partition coefficient (Wildman–Crippen LogP) is 5.70. The largest absolute Gasteiger partial charge is 0.352 e. The lowest BCUT2D eigenvalue weighted by atomic mass is 9.99. The minimum atomic E-state index is -3.95. The molecular formula is C23H31ClN2O3S. The van der Waals surface area contributed by atoms with Gasteiger partial charge in [0.2, 0.25) is 0 Å². The molecular weight excluding hydrogens is 420 g/mol. The molecule has 5 nitrogen and oxygen atoms in total. The fourth-order valence-corrected chi connectivity index (χ4v) is 4.92. The van der Waals surface area contributed by atoms with Gasteiger partial charge < -0.3 is 5.32 Å². The SMILES string of the molecule is CCCC[C@@H](CC)CNC(=O)c1ccc(Cl)c(S(=O)(=O)Nc2ccc(C)cc2C)c1. The van der Waals surface area contributed by atoms with Crippen LogP contribution in [-0.4, -0.2) is 20.9 Å². The number of unbranched alkanes of at least 4 members (excludes halogenated alkanes) is 1. The number of sulfonamides is 1. The summed E-state index contributed by atoms with van der Waals surface area (Å²) in [6.45, 7) is 8.60. The van der Waals surface area contributed by atoms with Gasteiger partial charge in [-0.3, -0.25) is 9.52 Å². The van der Waals surface area contributed by atoms with Crippen LogP contribution in [0.2, 0.25) is 5.02 Å². The first-order valence-electron chi connectivity index (χ1n) is 10.4. The van der Waals surface area contributed by atoms with Crippen LogP contribution in [0.5, 0.6) is 0 Å². The number of benzene rings is 2. The van der Waals surface area contributed by atoms with Crippen LogP contribution in [0.15, 0.2) is 41.3 Å². The van der Waals surface area contributed by atoms with Gasteiger partial charge in [-0.15, -0.1) is 0 Å². The summed E-state index contributed by atoms with van der Waals surface area (Å²) in [5.74, 6) is 0.111. The first-order valence-corrected chi connectivity index (χ1v) is 12.2. The molecule has 0 saturated carbocycles. The second-order valence-electron chi connectivity index (χ2n) is 7.70. The van der Waals surface area contributed by atoms with Crippen molar-refractivity contribution in [3.8, 4) is 0 Å². The molecule has 2 N–H and O–H groups in total. The Balaban J connectivity index is 2.19. The summed E-state index contributed by atoms with van der Waals surface area (Å²) in [5, 5.41) is 2.99. The third-order valence-corrected chi connectivity index (χ3v) is 7.05. The van der Waals surface area contributed by atoms with Gasteiger partial charge in [0.15, 0.2) is 0 Å². The van der Waals surface area contributed by atoms with Crippen LogP contribution in [0.1, 0.15) is 61.0 Å². The number of anilines is 1. The second kappa shape index (κ2) is 10.8. The first kappa shape index (κ1) is 24.2. The molecule has 0 aliphatic carbocycles. The summed E-state index contributed by atoms with van der Waals surface area (Å²) < 4.78 is 28.5. The number of hydrogen-bond donors (Lipinski definition) is 2. The van der Waals surface area contributed by atoms with E-state index in [0.717, 1.165) is 36.8 Å². The van der Waals surface area contributed by atoms with Crippen molar-refractivity contribution in [2.75, 3.05) is 11.3 Å². The molecule has 30 heavy (non-hydrogen) atoms. The molecule has 7 heteroatoms. The number of rotatable bonds is 10. The molecule has 2 aromatic carbocycles. The van der Waals surface area contributed by atoms with Crippen molar-refractivity contribution in [3.05, 3.63) is 58.1 Å². The van der Waals surface area contributed by atoms with E-state index in [9.17, 15) is 13.2 Å². The predicted molar refractivity (Wildman–Crippen MR) is 124 cm³/mol. The topological polar surface area (TPSA) is 75.3 Å². The molecule has 0 aliphatic heterocycles. The molecule has 2 aromatic rings. The minimum Gasteiger partial charge on any atom is -0.352 e. The number of nitrogens with one attached hydrogen (secondary N) is 2. The summed E-state index contributed by atoms with van der Waals surface area (Å²) in [6, 6.07) is 9.76. The van der Waals surface area contributed by atoms with Gasteiger partial charge in [-0.1, -0.05) is 62.4 Å². The molecule has 1 amide bonds. The molecule has 0 aromatic heterocycles. The van der Waals surface area contributed by atoms with E-state index in [1.54, 1.807) is 12.1 Å². The Bertz CT molecular complexity index is 990. The number of carbonyl (C=O) groups is 1. The molecule has 0 fully saturated rings. The van der Waals surface area contributed by atoms with Crippen molar-refractivity contribution in [3.63, 3.8) is 0 Å². The summed E-state index contributed by atoms with van der Waals surface area (Å²) in [6.07, 6.45) is 4.30. The molecule has 0 unspecified atom stereocenters. The van der Waals surface area contributed by atoms with Crippen LogP contribution >= 0.6 is 11.6 Å². The minimum absolute atomic E-state index is 0.0678. The lowest BCUT2D eigenvalue weighted by Crippen LogP contribution is -2.29. The van der Waals surface area contributed by atoms with Gasteiger partial charge in [0.1, 0.15) is 4.90 Å². The Kier molecular flexibility index (Phi) is 8.74. The van der Waals surface area contributed by atoms with E-state index >= 15 is 0 Å². The van der Waals surface area contributed by atoms with Crippen molar-refractivity contribution >= 4 is 33.2 Å². The van der Waals surface area contributed by atoms with Crippen molar-refractivity contribution in [2.24, 2.45) is 5.92 Å². The molecule has 164 valence electrons. The summed E-state index contributed by atoms with van der Waals surface area (Å²) in [7, 11) is -3.95. The van der Waals surface area contributed by atoms with Crippen LogP contribution in [0.4, 0.5) is 5.69 Å². The van der Waals surface area contributed by atoms with E-state index in [0.29, 0.717) is 18.2 Å². The number of carbonyl (C=O) groups excluding carboxylic acids is 1. The molecule has 0 aliphatic rings. The van der Waals surface area contributed by atoms with Gasteiger partial charge in [0.05, 0.1) is 10.7 Å². The standard InChI is InChI=1S/C23H31ClN2O3S/c1-5-7-8-18(6-2)15-25-23(27)19-10-11-20(24)22(14-19)30(28,29)26-21-12-9-16(3)13-17(21)4/h9-14,18,26H,5-8,15H2,1-4H3,(H,25,27)/t18-/m1/s1. The fraction of sp³-hybridized carbons (Fsp3) is 0.435. The number of hydrogen-bond acceptors (Lipinski definition) is 3. The van der Waals surface area contributed by atoms with Crippen LogP contribution in [0.25, 0.3) is 0 Å². The smallest absolute Gasteiger partial charge is 0.263 e. The Morgan fingerprint density at radius 2 is 1.83 bits per heavy atom. The molecule has 0 saturated heterocycles. The Morgan fingerprint density at radius 1 is 1.10 bits per heavy atom. The van der Waals surface area contributed by atoms with Crippen molar-refractivity contribution < 1.29 is 13.2 Å². The molecule has 0 bridgehead atoms. The van der Waals surface area contributed by atoms with Crippen molar-refractivity contribution in [1.82, 2.24) is 5.32 Å². The van der Waals surface area contributed by atoms with Gasteiger partial charge in [-0.05, 0) is 56.0 Å². The van der Waals surface area contributed by atoms with E-state index in [1.807, 2.05) is 26.0 Å². The monoisotopic (exact) mass is 450 g/mol. The number of halogens is 1. The van der Waals surface area contributed by atoms with E-state index < -0.39 is 10.0 Å². The normalized spacial score (nSPS) is 12.4. The van der Waals surface area contributed by atoms with Gasteiger partial charge in [0.25, 0.3) is 15.9 Å². The zero-order chi connectivity index (χ0) is 22.3. The molecule has 0 radical (unpaired) electrons. The third-order valence-electron chi connectivity index (χ3n) is 5.20. The van der Waals surface area contributed by atoms with E-state index in [1.165, 1.54) is 12.1 Å². The average Bonchev–Trinajstić information content (AvgIpc) is 2.70. The highest BCUT2D eigenvalue weighted by molar-refractivity contribution is 7.92. The Morgan fingerprint density at radius 3 is 2.47 bits per heavy atom. The Labute approximate surface area is 185 Å². The average molecular weight is 451 g/mol. The summed E-state index contributed by atoms with van der Waals surface area (Å²) in [4.78, 5) is 12.5. The third kappa shape index (κ3) is 6.47. The summed E-state index contributed by atoms with van der Waals surface area (Å²) in [5.41, 5.74) is 2.59. The summed E-state index contributed by atoms with van der Waals surface area (Å²) >= 11 is 6.17. The van der Waals surface area contributed by atoms with E-state index in [2.05, 4.69) is 23.9 Å². The number of aryl methyl sites for hydroxylation is 2. The molecule has 2 rings (SSSR count). The van der Waals surface area contributed by atoms with Gasteiger partial charge in [0, 0.05) is 12.1 Å². The van der Waals surface area contributed by atoms with Crippen LogP contribution in [-0.2, 0) is 10.0 Å². The maximum absolute atomic E-state index is 12.9. The van der Waals surface area contributed by atoms with Crippen LogP contribution in [0, 0.1) is 19.8 Å². The van der Waals surface area contributed by atoms with Gasteiger partial charge >= 0.3 is 0 Å². The maximum Gasteiger partial charge on any atom is 0.263 e. The first-order chi connectivity index (χ1) is 14.2. The van der Waals surface area contributed by atoms with Gasteiger partial charge in [-0.2, -0.15) is 0 Å². The lowest BCUT2D eigenvalue weighted by molar-refractivity contribution is 0.0945. The molecule has 0 heterocycles. The fourth-order valence-electron chi connectivity index (χ4n) is 3.26. The molecule has 0 spiro atoms. The Hall–Kier alpha value is -2.05. The highest BCUT2D eigenvalue weighted by Crippen LogP contribution is 2.26. The van der Waals surface area contributed by atoms with E-state index in [-0.39, 0.29) is 21.4 Å². The highest BCUT2D eigenvalue weighted by atomic mass is 35.5. The lowest BCUT2D eigenvalue weighted by Gasteiger charge is -2.16. The van der Waals surface area contributed by atoms with Crippen molar-refractivity contribution in [2.45, 2.75) is 58.3 Å². The maximum atomic E-state index is 12.9. The zero-order valence-corrected chi connectivity index (χ0v) is 19.7. The zero-order valence-electron chi connectivity index (χ0n) is 18.1. The van der Waals surface area contributed by atoms with Crippen molar-refractivity contribution in [1.29, 1.82) is 0 Å². The van der Waals surface area contributed by atoms with Crippen LogP contribution < -0.4 is 10.0 Å². The van der Waals surface area contributed by atoms with Crippen LogP contribution in [0.3, 0.4) is 0 Å².